The first-order valence-electron chi connectivity index (χ1n) is 9.10. The maximum Gasteiger partial charge on any atom is 0.239 e. The average molecular weight is 362 g/mol. The highest BCUT2D eigenvalue weighted by molar-refractivity contribution is 5.85. The number of nitrogens with zero attached hydrogens (tertiary/aromatic N) is 2. The van der Waals surface area contributed by atoms with Crippen molar-refractivity contribution in [2.45, 2.75) is 26.4 Å². The molecular weight excluding hydrogens is 332 g/mol. The Hall–Kier alpha value is -2.12. The zero-order valence-corrected chi connectivity index (χ0v) is 16.0. The number of amides is 2. The molecule has 144 valence electrons. The van der Waals surface area contributed by atoms with Gasteiger partial charge in [-0.2, -0.15) is 0 Å². The first kappa shape index (κ1) is 20.2. The molecule has 0 atom stereocenters. The summed E-state index contributed by atoms with van der Waals surface area (Å²) in [4.78, 5) is 28.0. The van der Waals surface area contributed by atoms with Crippen LogP contribution in [0.4, 0.5) is 0 Å². The Kier molecular flexibility index (Phi) is 7.87. The molecule has 2 amide bonds. The van der Waals surface area contributed by atoms with E-state index in [2.05, 4.69) is 32.6 Å². The number of nitrogens with one attached hydrogen (secondary N) is 2. The minimum absolute atomic E-state index is 0.0362. The molecule has 26 heavy (non-hydrogen) atoms. The van der Waals surface area contributed by atoms with Crippen LogP contribution in [-0.2, 0) is 16.1 Å². The van der Waals surface area contributed by atoms with E-state index in [1.807, 2.05) is 26.0 Å². The Morgan fingerprint density at radius 3 is 2.23 bits per heavy atom. The summed E-state index contributed by atoms with van der Waals surface area (Å²) in [7, 11) is 1.67. The van der Waals surface area contributed by atoms with Gasteiger partial charge in [0.1, 0.15) is 5.75 Å². The Labute approximate surface area is 155 Å². The molecular formula is C19H30N4O3. The molecule has 2 N–H and O–H groups in total. The van der Waals surface area contributed by atoms with Crippen molar-refractivity contribution in [1.82, 2.24) is 20.4 Å². The molecule has 1 aliphatic rings. The second-order valence-electron chi connectivity index (χ2n) is 6.90. The number of piperazine rings is 1. The lowest BCUT2D eigenvalue weighted by Crippen LogP contribution is -2.50. The average Bonchev–Trinajstić information content (AvgIpc) is 2.62. The summed E-state index contributed by atoms with van der Waals surface area (Å²) in [6.07, 6.45) is 0. The van der Waals surface area contributed by atoms with Gasteiger partial charge in [0, 0.05) is 38.8 Å². The molecule has 1 saturated heterocycles. The van der Waals surface area contributed by atoms with Crippen LogP contribution < -0.4 is 15.4 Å². The van der Waals surface area contributed by atoms with E-state index in [9.17, 15) is 9.59 Å². The summed E-state index contributed by atoms with van der Waals surface area (Å²) in [6.45, 7) is 8.61. The fraction of sp³-hybridized carbons (Fsp3) is 0.579. The quantitative estimate of drug-likeness (QED) is 0.703. The highest BCUT2D eigenvalue weighted by Crippen LogP contribution is 2.14. The van der Waals surface area contributed by atoms with Crippen molar-refractivity contribution in [3.8, 4) is 5.75 Å². The summed E-state index contributed by atoms with van der Waals surface area (Å²) in [6, 6.07) is 8.21. The fourth-order valence-corrected chi connectivity index (χ4v) is 2.91. The third kappa shape index (κ3) is 7.01. The summed E-state index contributed by atoms with van der Waals surface area (Å²) in [5.74, 6) is 0.608. The third-order valence-electron chi connectivity index (χ3n) is 4.29. The van der Waals surface area contributed by atoms with Crippen molar-refractivity contribution in [1.29, 1.82) is 0 Å². The van der Waals surface area contributed by atoms with Gasteiger partial charge in [-0.15, -0.1) is 0 Å². The molecule has 0 bridgehead atoms. The van der Waals surface area contributed by atoms with Crippen LogP contribution >= 0.6 is 0 Å². The van der Waals surface area contributed by atoms with Gasteiger partial charge in [0.05, 0.1) is 20.2 Å². The number of ether oxygens (including phenoxy) is 1. The first-order valence-corrected chi connectivity index (χ1v) is 9.10. The molecule has 0 aliphatic carbocycles. The van der Waals surface area contributed by atoms with Crippen LogP contribution in [0.25, 0.3) is 0 Å². The van der Waals surface area contributed by atoms with E-state index < -0.39 is 0 Å². The Morgan fingerprint density at radius 2 is 1.65 bits per heavy atom. The number of hydrogen-bond donors (Lipinski definition) is 2. The molecule has 0 radical (unpaired) electrons. The number of rotatable bonds is 8. The zero-order chi connectivity index (χ0) is 18.9. The molecule has 0 unspecified atom stereocenters. The van der Waals surface area contributed by atoms with Crippen LogP contribution in [0.2, 0.25) is 0 Å². The Bertz CT molecular complexity index is 581. The lowest BCUT2D eigenvalue weighted by atomic mass is 10.2. The molecule has 1 heterocycles. The van der Waals surface area contributed by atoms with Crippen molar-refractivity contribution >= 4 is 11.8 Å². The Morgan fingerprint density at radius 1 is 1.04 bits per heavy atom. The maximum absolute atomic E-state index is 12.0. The van der Waals surface area contributed by atoms with Crippen molar-refractivity contribution in [2.24, 2.45) is 0 Å². The van der Waals surface area contributed by atoms with Crippen molar-refractivity contribution in [2.75, 3.05) is 46.4 Å². The monoisotopic (exact) mass is 362 g/mol. The molecule has 0 spiro atoms. The van der Waals surface area contributed by atoms with E-state index in [1.165, 1.54) is 5.56 Å². The van der Waals surface area contributed by atoms with Gasteiger partial charge in [-0.1, -0.05) is 12.1 Å². The molecule has 1 aromatic rings. The molecule has 1 aromatic carbocycles. The van der Waals surface area contributed by atoms with Gasteiger partial charge in [-0.05, 0) is 31.5 Å². The standard InChI is InChI=1S/C19H30N4O3/c1-15(2)21-18(24)12-20-19(25)14-23-10-8-22(9-11-23)13-16-4-6-17(26-3)7-5-16/h4-7,15H,8-14H2,1-3H3,(H,20,25)(H,21,24). The smallest absolute Gasteiger partial charge is 0.239 e. The summed E-state index contributed by atoms with van der Waals surface area (Å²) in [5.41, 5.74) is 1.26. The van der Waals surface area contributed by atoms with Crippen LogP contribution in [0.1, 0.15) is 19.4 Å². The minimum atomic E-state index is -0.155. The van der Waals surface area contributed by atoms with Gasteiger partial charge in [-0.25, -0.2) is 0 Å². The molecule has 1 aliphatic heterocycles. The van der Waals surface area contributed by atoms with Gasteiger partial charge in [0.2, 0.25) is 11.8 Å². The second-order valence-corrected chi connectivity index (χ2v) is 6.90. The van der Waals surface area contributed by atoms with Crippen LogP contribution in [-0.4, -0.2) is 74.0 Å². The molecule has 0 saturated carbocycles. The Balaban J connectivity index is 1.66. The lowest BCUT2D eigenvalue weighted by Gasteiger charge is -2.34. The van der Waals surface area contributed by atoms with Gasteiger partial charge in [0.25, 0.3) is 0 Å². The summed E-state index contributed by atoms with van der Waals surface area (Å²) >= 11 is 0. The van der Waals surface area contributed by atoms with E-state index in [4.69, 9.17) is 4.74 Å². The van der Waals surface area contributed by atoms with Gasteiger partial charge in [0.15, 0.2) is 0 Å². The van der Waals surface area contributed by atoms with Crippen molar-refractivity contribution < 1.29 is 14.3 Å². The van der Waals surface area contributed by atoms with E-state index in [0.29, 0.717) is 6.54 Å². The number of carbonyl (C=O) groups is 2. The molecule has 2 rings (SSSR count). The highest BCUT2D eigenvalue weighted by Gasteiger charge is 2.19. The molecule has 0 aromatic heterocycles. The zero-order valence-electron chi connectivity index (χ0n) is 16.0. The fourth-order valence-electron chi connectivity index (χ4n) is 2.91. The van der Waals surface area contributed by atoms with Crippen molar-refractivity contribution in [3.05, 3.63) is 29.8 Å². The predicted octanol–water partition coefficient (Wildman–Crippen LogP) is 0.454. The SMILES string of the molecule is COc1ccc(CN2CCN(CC(=O)NCC(=O)NC(C)C)CC2)cc1. The van der Waals surface area contributed by atoms with Crippen molar-refractivity contribution in [3.63, 3.8) is 0 Å². The van der Waals surface area contributed by atoms with Crippen LogP contribution in [0, 0.1) is 0 Å². The highest BCUT2D eigenvalue weighted by atomic mass is 16.5. The van der Waals surface area contributed by atoms with Gasteiger partial charge < -0.3 is 15.4 Å². The summed E-state index contributed by atoms with van der Waals surface area (Å²) in [5, 5.41) is 5.43. The molecule has 1 fully saturated rings. The van der Waals surface area contributed by atoms with Crippen LogP contribution in [0.15, 0.2) is 24.3 Å². The maximum atomic E-state index is 12.0. The number of methoxy groups -OCH3 is 1. The first-order chi connectivity index (χ1) is 12.5. The lowest BCUT2D eigenvalue weighted by molar-refractivity contribution is -0.127. The van der Waals surface area contributed by atoms with E-state index in [1.54, 1.807) is 7.11 Å². The predicted molar refractivity (Wildman–Crippen MR) is 101 cm³/mol. The van der Waals surface area contributed by atoms with E-state index >= 15 is 0 Å². The summed E-state index contributed by atoms with van der Waals surface area (Å²) < 4.78 is 5.18. The largest absolute Gasteiger partial charge is 0.497 e. The van der Waals surface area contributed by atoms with Crippen LogP contribution in [0.5, 0.6) is 5.75 Å². The van der Waals surface area contributed by atoms with E-state index in [0.717, 1.165) is 38.5 Å². The molecule has 7 nitrogen and oxygen atoms in total. The normalized spacial score (nSPS) is 15.7. The topological polar surface area (TPSA) is 73.9 Å². The van der Waals surface area contributed by atoms with Gasteiger partial charge >= 0.3 is 0 Å². The number of carbonyl (C=O) groups excluding carboxylic acids is 2. The minimum Gasteiger partial charge on any atom is -0.497 e. The third-order valence-corrected chi connectivity index (χ3v) is 4.29. The second kappa shape index (κ2) is 10.1. The number of hydrogen-bond acceptors (Lipinski definition) is 5. The molecule has 7 heteroatoms. The van der Waals surface area contributed by atoms with Gasteiger partial charge in [-0.3, -0.25) is 19.4 Å². The van der Waals surface area contributed by atoms with Crippen LogP contribution in [0.3, 0.4) is 0 Å². The van der Waals surface area contributed by atoms with E-state index in [-0.39, 0.29) is 24.4 Å². The number of benzene rings is 1.